The zero-order valence-electron chi connectivity index (χ0n) is 10.5. The first kappa shape index (κ1) is 12.2. The van der Waals surface area contributed by atoms with Crippen LogP contribution in [0.3, 0.4) is 0 Å². The van der Waals surface area contributed by atoms with Gasteiger partial charge in [-0.1, -0.05) is 24.4 Å². The molecule has 1 aromatic heterocycles. The minimum Gasteiger partial charge on any atom is -0.389 e. The van der Waals surface area contributed by atoms with E-state index in [1.165, 1.54) is 12.8 Å². The highest BCUT2D eigenvalue weighted by Gasteiger charge is 2.42. The van der Waals surface area contributed by atoms with Crippen molar-refractivity contribution in [2.45, 2.75) is 37.7 Å². The van der Waals surface area contributed by atoms with Gasteiger partial charge < -0.3 is 10.0 Å². The van der Waals surface area contributed by atoms with Gasteiger partial charge in [0, 0.05) is 30.9 Å². The van der Waals surface area contributed by atoms with Crippen molar-refractivity contribution in [1.82, 2.24) is 4.98 Å². The van der Waals surface area contributed by atoms with Gasteiger partial charge >= 0.3 is 0 Å². The van der Waals surface area contributed by atoms with Crippen LogP contribution in [0.25, 0.3) is 0 Å². The molecule has 1 aromatic rings. The summed E-state index contributed by atoms with van der Waals surface area (Å²) in [6.45, 7) is 1.85. The predicted octanol–water partition coefficient (Wildman–Crippen LogP) is 2.87. The van der Waals surface area contributed by atoms with Crippen molar-refractivity contribution in [2.75, 3.05) is 18.0 Å². The molecule has 0 aromatic carbocycles. The molecular weight excluding hydrogens is 248 g/mol. The lowest BCUT2D eigenvalue weighted by Crippen LogP contribution is -2.53. The van der Waals surface area contributed by atoms with Gasteiger partial charge in [-0.3, -0.25) is 0 Å². The number of nitrogens with zero attached hydrogens (tertiary/aromatic N) is 2. The standard InChI is InChI=1S/C14H19ClN2O/c15-13-9-12(4-7-16-13)17-8-6-14(18)5-2-1-3-11(14)10-17/h4,7,9,11,18H,1-3,5-6,8,10H2. The second-order valence-electron chi connectivity index (χ2n) is 5.58. The van der Waals surface area contributed by atoms with Gasteiger partial charge in [0.15, 0.2) is 0 Å². The van der Waals surface area contributed by atoms with Gasteiger partial charge in [-0.15, -0.1) is 0 Å². The molecule has 2 aliphatic rings. The van der Waals surface area contributed by atoms with Crippen LogP contribution in [-0.2, 0) is 0 Å². The lowest BCUT2D eigenvalue weighted by atomic mass is 9.71. The maximum atomic E-state index is 10.6. The van der Waals surface area contributed by atoms with Gasteiger partial charge in [-0.05, 0) is 31.4 Å². The number of anilines is 1. The van der Waals surface area contributed by atoms with Crippen LogP contribution in [0.5, 0.6) is 0 Å². The zero-order chi connectivity index (χ0) is 12.6. The number of aliphatic hydroxyl groups is 1. The number of aromatic nitrogens is 1. The van der Waals surface area contributed by atoms with E-state index in [1.807, 2.05) is 12.1 Å². The Hall–Kier alpha value is -0.800. The van der Waals surface area contributed by atoms with E-state index in [-0.39, 0.29) is 0 Å². The van der Waals surface area contributed by atoms with Crippen LogP contribution in [0.1, 0.15) is 32.1 Å². The maximum Gasteiger partial charge on any atom is 0.131 e. The van der Waals surface area contributed by atoms with Crippen LogP contribution < -0.4 is 4.90 Å². The highest BCUT2D eigenvalue weighted by atomic mass is 35.5. The Bertz CT molecular complexity index is 440. The highest BCUT2D eigenvalue weighted by molar-refractivity contribution is 6.29. The Labute approximate surface area is 113 Å². The molecule has 1 N–H and O–H groups in total. The van der Waals surface area contributed by atoms with Gasteiger partial charge in [0.25, 0.3) is 0 Å². The number of halogens is 1. The molecule has 0 spiro atoms. The minimum absolute atomic E-state index is 0.409. The fourth-order valence-electron chi connectivity index (χ4n) is 3.39. The molecule has 0 bridgehead atoms. The van der Waals surface area contributed by atoms with Crippen LogP contribution in [-0.4, -0.2) is 28.8 Å². The third kappa shape index (κ3) is 2.21. The lowest BCUT2D eigenvalue weighted by Gasteiger charge is -2.48. The molecule has 98 valence electrons. The van der Waals surface area contributed by atoms with Crippen LogP contribution in [0.4, 0.5) is 5.69 Å². The Morgan fingerprint density at radius 1 is 1.39 bits per heavy atom. The van der Waals surface area contributed by atoms with Crippen molar-refractivity contribution in [3.63, 3.8) is 0 Å². The molecule has 3 rings (SSSR count). The van der Waals surface area contributed by atoms with Crippen LogP contribution >= 0.6 is 11.6 Å². The van der Waals surface area contributed by atoms with Gasteiger partial charge in [0.1, 0.15) is 5.15 Å². The molecule has 1 aliphatic carbocycles. The third-order valence-corrected chi connectivity index (χ3v) is 4.71. The van der Waals surface area contributed by atoms with Crippen molar-refractivity contribution in [1.29, 1.82) is 0 Å². The zero-order valence-corrected chi connectivity index (χ0v) is 11.2. The Kier molecular flexibility index (Phi) is 3.20. The van der Waals surface area contributed by atoms with Crippen molar-refractivity contribution in [2.24, 2.45) is 5.92 Å². The van der Waals surface area contributed by atoms with E-state index in [9.17, 15) is 5.11 Å². The summed E-state index contributed by atoms with van der Waals surface area (Å²) in [5, 5.41) is 11.2. The number of hydrogen-bond acceptors (Lipinski definition) is 3. The van der Waals surface area contributed by atoms with E-state index in [2.05, 4.69) is 9.88 Å². The summed E-state index contributed by atoms with van der Waals surface area (Å²) in [5.41, 5.74) is 0.716. The van der Waals surface area contributed by atoms with E-state index >= 15 is 0 Å². The molecule has 3 nitrogen and oxygen atoms in total. The first-order valence-corrected chi connectivity index (χ1v) is 7.14. The van der Waals surface area contributed by atoms with Gasteiger partial charge in [-0.25, -0.2) is 4.98 Å². The van der Waals surface area contributed by atoms with E-state index in [1.54, 1.807) is 6.20 Å². The number of pyridine rings is 1. The summed E-state index contributed by atoms with van der Waals surface area (Å²) >= 11 is 5.94. The van der Waals surface area contributed by atoms with Crippen LogP contribution in [0.15, 0.2) is 18.3 Å². The summed E-state index contributed by atoms with van der Waals surface area (Å²) in [4.78, 5) is 6.35. The molecule has 1 aliphatic heterocycles. The van der Waals surface area contributed by atoms with Crippen LogP contribution in [0, 0.1) is 5.92 Å². The molecular formula is C14H19ClN2O. The van der Waals surface area contributed by atoms with Gasteiger partial charge in [-0.2, -0.15) is 0 Å². The Balaban J connectivity index is 1.77. The number of fused-ring (bicyclic) bond motifs is 1. The Morgan fingerprint density at radius 2 is 2.28 bits per heavy atom. The average Bonchev–Trinajstić information content (AvgIpc) is 2.37. The van der Waals surface area contributed by atoms with E-state index in [0.717, 1.165) is 38.0 Å². The van der Waals surface area contributed by atoms with E-state index in [4.69, 9.17) is 11.6 Å². The minimum atomic E-state index is -0.411. The second kappa shape index (κ2) is 4.71. The van der Waals surface area contributed by atoms with Crippen molar-refractivity contribution >= 4 is 17.3 Å². The van der Waals surface area contributed by atoms with Crippen LogP contribution in [0.2, 0.25) is 5.15 Å². The smallest absolute Gasteiger partial charge is 0.131 e. The fourth-order valence-corrected chi connectivity index (χ4v) is 3.56. The SMILES string of the molecule is OC12CCCCC1CN(c1ccnc(Cl)c1)CC2. The molecule has 2 unspecified atom stereocenters. The quantitative estimate of drug-likeness (QED) is 0.794. The first-order chi connectivity index (χ1) is 8.67. The third-order valence-electron chi connectivity index (χ3n) is 4.50. The molecule has 2 fully saturated rings. The highest BCUT2D eigenvalue weighted by Crippen LogP contribution is 2.40. The summed E-state index contributed by atoms with van der Waals surface area (Å²) in [6, 6.07) is 3.91. The molecule has 0 amide bonds. The molecule has 2 heterocycles. The van der Waals surface area contributed by atoms with Crippen molar-refractivity contribution in [3.05, 3.63) is 23.5 Å². The molecule has 0 radical (unpaired) electrons. The monoisotopic (exact) mass is 266 g/mol. The molecule has 4 heteroatoms. The fraction of sp³-hybridized carbons (Fsp3) is 0.643. The molecule has 18 heavy (non-hydrogen) atoms. The number of piperidine rings is 1. The normalized spacial score (nSPS) is 32.1. The largest absolute Gasteiger partial charge is 0.389 e. The molecule has 1 saturated heterocycles. The lowest BCUT2D eigenvalue weighted by molar-refractivity contribution is -0.0612. The van der Waals surface area contributed by atoms with E-state index in [0.29, 0.717) is 11.1 Å². The number of rotatable bonds is 1. The van der Waals surface area contributed by atoms with E-state index < -0.39 is 5.60 Å². The van der Waals surface area contributed by atoms with Crippen molar-refractivity contribution in [3.8, 4) is 0 Å². The Morgan fingerprint density at radius 3 is 3.11 bits per heavy atom. The van der Waals surface area contributed by atoms with Gasteiger partial charge in [0.2, 0.25) is 0 Å². The topological polar surface area (TPSA) is 36.4 Å². The summed E-state index contributed by atoms with van der Waals surface area (Å²) in [5.74, 6) is 0.409. The van der Waals surface area contributed by atoms with Gasteiger partial charge in [0.05, 0.1) is 5.60 Å². The maximum absolute atomic E-state index is 10.6. The predicted molar refractivity (Wildman–Crippen MR) is 73.0 cm³/mol. The second-order valence-corrected chi connectivity index (χ2v) is 5.97. The molecule has 2 atom stereocenters. The first-order valence-electron chi connectivity index (χ1n) is 6.76. The molecule has 1 saturated carbocycles. The number of hydrogen-bond donors (Lipinski definition) is 1. The average molecular weight is 267 g/mol. The van der Waals surface area contributed by atoms with Crippen molar-refractivity contribution < 1.29 is 5.11 Å². The summed E-state index contributed by atoms with van der Waals surface area (Å²) < 4.78 is 0. The summed E-state index contributed by atoms with van der Waals surface area (Å²) in [6.07, 6.45) is 7.16. The summed E-state index contributed by atoms with van der Waals surface area (Å²) in [7, 11) is 0.